The van der Waals surface area contributed by atoms with Crippen LogP contribution in [0, 0.1) is 0 Å². The molecule has 1 amide bonds. The molecule has 0 N–H and O–H groups in total. The average molecular weight is 486 g/mol. The summed E-state index contributed by atoms with van der Waals surface area (Å²) in [6, 6.07) is 17.6. The largest absolute Gasteiger partial charge is 0.448 e. The molecule has 0 radical (unpaired) electrons. The van der Waals surface area contributed by atoms with Gasteiger partial charge in [-0.15, -0.1) is 0 Å². The van der Waals surface area contributed by atoms with Crippen molar-refractivity contribution in [1.82, 2.24) is 4.90 Å². The van der Waals surface area contributed by atoms with Crippen molar-refractivity contribution in [1.29, 1.82) is 0 Å². The molecule has 2 bridgehead atoms. The Hall–Kier alpha value is -2.55. The molecule has 5 rings (SSSR count). The van der Waals surface area contributed by atoms with E-state index in [-0.39, 0.29) is 18.1 Å². The second-order valence-corrected chi connectivity index (χ2v) is 11.1. The van der Waals surface area contributed by atoms with E-state index < -0.39 is 0 Å². The second kappa shape index (κ2) is 12.1. The molecule has 3 nitrogen and oxygen atoms in total. The lowest BCUT2D eigenvalue weighted by molar-refractivity contribution is 0.0507. The van der Waals surface area contributed by atoms with Crippen LogP contribution in [0.15, 0.2) is 60.2 Å². The number of carbonyl (C=O) groups excluding carboxylic acids is 1. The molecule has 2 atom stereocenters. The maximum Gasteiger partial charge on any atom is 0.410 e. The standard InChI is InChI=1S/C33H43NO2/c1-2-3-4-5-6-7-8-9-15-25-22-26-16-14-17-27(23-25)34(26)33(35)36-24-32-30-20-12-10-18-28(30)29-19-11-13-21-31(29)32/h10-13,18-22,26-27,32H,2-9,14-17,23-24H2,1H3. The molecule has 2 aliphatic heterocycles. The van der Waals surface area contributed by atoms with Gasteiger partial charge in [-0.3, -0.25) is 4.90 Å². The monoisotopic (exact) mass is 485 g/mol. The zero-order valence-corrected chi connectivity index (χ0v) is 22.1. The number of benzene rings is 2. The van der Waals surface area contributed by atoms with E-state index in [0.29, 0.717) is 12.6 Å². The van der Waals surface area contributed by atoms with E-state index in [9.17, 15) is 4.79 Å². The molecule has 1 fully saturated rings. The van der Waals surface area contributed by atoms with Crippen molar-refractivity contribution < 1.29 is 9.53 Å². The first-order valence-electron chi connectivity index (χ1n) is 14.6. The summed E-state index contributed by atoms with van der Waals surface area (Å²) in [7, 11) is 0. The molecule has 0 spiro atoms. The van der Waals surface area contributed by atoms with Crippen LogP contribution in [0.2, 0.25) is 0 Å². The number of hydrogen-bond acceptors (Lipinski definition) is 2. The Balaban J connectivity index is 1.15. The van der Waals surface area contributed by atoms with Gasteiger partial charge in [-0.25, -0.2) is 4.79 Å². The molecule has 3 heteroatoms. The first-order valence-corrected chi connectivity index (χ1v) is 14.6. The number of ether oxygens (including phenoxy) is 1. The van der Waals surface area contributed by atoms with Crippen LogP contribution < -0.4 is 0 Å². The minimum absolute atomic E-state index is 0.117. The second-order valence-electron chi connectivity index (χ2n) is 11.1. The number of nitrogens with zero attached hydrogens (tertiary/aromatic N) is 1. The fraction of sp³-hybridized carbons (Fsp3) is 0.545. The molecule has 0 aromatic heterocycles. The number of piperidine rings is 1. The molecular weight excluding hydrogens is 442 g/mol. The predicted molar refractivity (Wildman–Crippen MR) is 148 cm³/mol. The van der Waals surface area contributed by atoms with E-state index in [1.807, 2.05) is 0 Å². The van der Waals surface area contributed by atoms with Gasteiger partial charge in [0.2, 0.25) is 0 Å². The van der Waals surface area contributed by atoms with Gasteiger partial charge >= 0.3 is 6.09 Å². The van der Waals surface area contributed by atoms with Crippen molar-refractivity contribution in [3.8, 4) is 11.1 Å². The van der Waals surface area contributed by atoms with E-state index in [2.05, 4.69) is 66.4 Å². The summed E-state index contributed by atoms with van der Waals surface area (Å²) in [5.41, 5.74) is 6.68. The van der Waals surface area contributed by atoms with Crippen LogP contribution in [-0.4, -0.2) is 29.7 Å². The van der Waals surface area contributed by atoms with Crippen LogP contribution in [-0.2, 0) is 4.74 Å². The van der Waals surface area contributed by atoms with Crippen molar-refractivity contribution in [3.05, 3.63) is 71.3 Å². The lowest BCUT2D eigenvalue weighted by atomic mass is 9.84. The van der Waals surface area contributed by atoms with Crippen molar-refractivity contribution in [3.63, 3.8) is 0 Å². The minimum atomic E-state index is -0.117. The maximum absolute atomic E-state index is 13.4. The molecular formula is C33H43NO2. The lowest BCUT2D eigenvalue weighted by Crippen LogP contribution is -2.52. The maximum atomic E-state index is 13.4. The van der Waals surface area contributed by atoms with E-state index >= 15 is 0 Å². The number of carbonyl (C=O) groups is 1. The topological polar surface area (TPSA) is 29.5 Å². The third-order valence-corrected chi connectivity index (χ3v) is 8.61. The van der Waals surface area contributed by atoms with Gasteiger partial charge in [0.05, 0.1) is 6.04 Å². The van der Waals surface area contributed by atoms with Gasteiger partial charge in [0, 0.05) is 12.0 Å². The predicted octanol–water partition coefficient (Wildman–Crippen LogP) is 9.02. The van der Waals surface area contributed by atoms with Gasteiger partial charge in [0.25, 0.3) is 0 Å². The van der Waals surface area contributed by atoms with Crippen molar-refractivity contribution in [2.24, 2.45) is 0 Å². The summed E-state index contributed by atoms with van der Waals surface area (Å²) in [6.45, 7) is 2.69. The fourth-order valence-electron chi connectivity index (χ4n) is 6.74. The van der Waals surface area contributed by atoms with Gasteiger partial charge in [0.15, 0.2) is 0 Å². The van der Waals surface area contributed by atoms with E-state index in [0.717, 1.165) is 19.3 Å². The molecule has 0 saturated carbocycles. The fourth-order valence-corrected chi connectivity index (χ4v) is 6.74. The summed E-state index contributed by atoms with van der Waals surface area (Å²) in [5, 5.41) is 0. The molecule has 2 aromatic rings. The summed E-state index contributed by atoms with van der Waals surface area (Å²) in [5.74, 6) is 0.124. The van der Waals surface area contributed by atoms with Gasteiger partial charge in [-0.05, 0) is 60.8 Å². The van der Waals surface area contributed by atoms with Gasteiger partial charge in [-0.2, -0.15) is 0 Å². The highest BCUT2D eigenvalue weighted by atomic mass is 16.6. The Morgan fingerprint density at radius 3 is 2.17 bits per heavy atom. The van der Waals surface area contributed by atoms with Crippen LogP contribution in [0.3, 0.4) is 0 Å². The third-order valence-electron chi connectivity index (χ3n) is 8.61. The first kappa shape index (κ1) is 25.1. The highest BCUT2D eigenvalue weighted by Crippen LogP contribution is 2.45. The Morgan fingerprint density at radius 2 is 1.50 bits per heavy atom. The Bertz CT molecular complexity index is 1010. The van der Waals surface area contributed by atoms with Crippen LogP contribution in [0.5, 0.6) is 0 Å². The van der Waals surface area contributed by atoms with Crippen molar-refractivity contribution in [2.75, 3.05) is 6.61 Å². The first-order chi connectivity index (χ1) is 17.8. The molecule has 2 unspecified atom stereocenters. The van der Waals surface area contributed by atoms with Gasteiger partial charge < -0.3 is 4.74 Å². The zero-order valence-electron chi connectivity index (χ0n) is 22.1. The Labute approximate surface area is 217 Å². The van der Waals surface area contributed by atoms with Gasteiger partial charge in [0.1, 0.15) is 6.61 Å². The summed E-state index contributed by atoms with van der Waals surface area (Å²) >= 11 is 0. The highest BCUT2D eigenvalue weighted by molar-refractivity contribution is 5.79. The average Bonchev–Trinajstić information content (AvgIpc) is 3.22. The SMILES string of the molecule is CCCCCCCCCCC1=CC2CCCC(C1)N2C(=O)OCC1c2ccccc2-c2ccccc21. The van der Waals surface area contributed by atoms with Crippen molar-refractivity contribution >= 4 is 6.09 Å². The van der Waals surface area contributed by atoms with Gasteiger partial charge in [-0.1, -0.05) is 112 Å². The smallest absolute Gasteiger partial charge is 0.410 e. The Kier molecular flexibility index (Phi) is 8.46. The number of unbranched alkanes of at least 4 members (excludes halogenated alkanes) is 7. The number of fused-ring (bicyclic) bond motifs is 5. The summed E-state index contributed by atoms with van der Waals surface area (Å²) < 4.78 is 6.06. The number of rotatable bonds is 11. The van der Waals surface area contributed by atoms with Crippen molar-refractivity contribution in [2.45, 2.75) is 108 Å². The highest BCUT2D eigenvalue weighted by Gasteiger charge is 2.38. The normalized spacial score (nSPS) is 20.6. The van der Waals surface area contributed by atoms with E-state index in [1.54, 1.807) is 5.57 Å². The summed E-state index contributed by atoms with van der Waals surface area (Å²) in [4.78, 5) is 15.5. The minimum Gasteiger partial charge on any atom is -0.448 e. The van der Waals surface area contributed by atoms with E-state index in [4.69, 9.17) is 4.74 Å². The van der Waals surface area contributed by atoms with Crippen LogP contribution >= 0.6 is 0 Å². The van der Waals surface area contributed by atoms with Crippen LogP contribution in [0.1, 0.15) is 107 Å². The third kappa shape index (κ3) is 5.56. The quantitative estimate of drug-likeness (QED) is 0.235. The zero-order chi connectivity index (χ0) is 24.7. The molecule has 36 heavy (non-hydrogen) atoms. The van der Waals surface area contributed by atoms with Crippen LogP contribution in [0.4, 0.5) is 4.79 Å². The molecule has 2 heterocycles. The molecule has 3 aliphatic rings. The van der Waals surface area contributed by atoms with E-state index in [1.165, 1.54) is 86.5 Å². The Morgan fingerprint density at radius 1 is 0.861 bits per heavy atom. The van der Waals surface area contributed by atoms with Crippen LogP contribution in [0.25, 0.3) is 11.1 Å². The molecule has 1 saturated heterocycles. The number of amides is 1. The molecule has 192 valence electrons. The molecule has 1 aliphatic carbocycles. The summed E-state index contributed by atoms with van der Waals surface area (Å²) in [6.07, 6.45) is 18.8. The lowest BCUT2D eigenvalue weighted by Gasteiger charge is -2.44. The molecule has 2 aromatic carbocycles. The number of hydrogen-bond donors (Lipinski definition) is 0.